The van der Waals surface area contributed by atoms with E-state index >= 15 is 0 Å². The molecule has 0 bridgehead atoms. The van der Waals surface area contributed by atoms with Gasteiger partial charge in [-0.2, -0.15) is 0 Å². The number of ether oxygens (including phenoxy) is 2. The summed E-state index contributed by atoms with van der Waals surface area (Å²) in [4.78, 5) is 26.2. The third kappa shape index (κ3) is 3.57. The van der Waals surface area contributed by atoms with E-state index in [-0.39, 0.29) is 18.4 Å². The summed E-state index contributed by atoms with van der Waals surface area (Å²) in [7, 11) is 1.59. The first kappa shape index (κ1) is 16.8. The first-order valence-corrected chi connectivity index (χ1v) is 8.06. The minimum atomic E-state index is -0.614. The van der Waals surface area contributed by atoms with Crippen LogP contribution in [0.3, 0.4) is 0 Å². The lowest BCUT2D eigenvalue weighted by atomic mass is 10.2. The largest absolute Gasteiger partial charge is 0.496 e. The van der Waals surface area contributed by atoms with Gasteiger partial charge in [-0.25, -0.2) is 0 Å². The smallest absolute Gasteiger partial charge is 0.268 e. The maximum Gasteiger partial charge on any atom is 0.268 e. The van der Waals surface area contributed by atoms with Crippen LogP contribution in [0.2, 0.25) is 0 Å². The average Bonchev–Trinajstić information content (AvgIpc) is 2.64. The number of amides is 2. The van der Waals surface area contributed by atoms with Crippen molar-refractivity contribution in [3.05, 3.63) is 54.1 Å². The number of carbonyl (C=O) groups excluding carboxylic acids is 2. The standard InChI is InChI=1S/C19H20N2O4/c1-13-19(23)21(15-8-4-6-10-17(15)25-13)12-18(22)20-11-14-7-3-5-9-16(14)24-2/h3-10,13H,11-12H2,1-2H3,(H,20,22)/t13-/m0/s1. The molecule has 2 aromatic carbocycles. The maximum absolute atomic E-state index is 12.4. The second kappa shape index (κ2) is 7.25. The van der Waals surface area contributed by atoms with Crippen LogP contribution in [0.1, 0.15) is 12.5 Å². The maximum atomic E-state index is 12.4. The number of hydrogen-bond acceptors (Lipinski definition) is 4. The fourth-order valence-electron chi connectivity index (χ4n) is 2.76. The molecule has 25 heavy (non-hydrogen) atoms. The number of nitrogens with one attached hydrogen (secondary N) is 1. The van der Waals surface area contributed by atoms with Crippen LogP contribution >= 0.6 is 0 Å². The van der Waals surface area contributed by atoms with E-state index in [2.05, 4.69) is 5.32 Å². The number of carbonyl (C=O) groups is 2. The summed E-state index contributed by atoms with van der Waals surface area (Å²) in [6.07, 6.45) is -0.614. The monoisotopic (exact) mass is 340 g/mol. The summed E-state index contributed by atoms with van der Waals surface area (Å²) in [5.74, 6) is 0.839. The normalized spacial score (nSPS) is 16.0. The van der Waals surface area contributed by atoms with E-state index < -0.39 is 6.10 Å². The first-order chi connectivity index (χ1) is 12.1. The molecule has 0 unspecified atom stereocenters. The number of para-hydroxylation sites is 3. The number of anilines is 1. The van der Waals surface area contributed by atoms with Crippen LogP contribution in [-0.4, -0.2) is 31.6 Å². The van der Waals surface area contributed by atoms with Crippen molar-refractivity contribution in [2.45, 2.75) is 19.6 Å². The van der Waals surface area contributed by atoms with Crippen LogP contribution < -0.4 is 19.7 Å². The molecule has 2 aromatic rings. The fraction of sp³-hybridized carbons (Fsp3) is 0.263. The molecule has 1 aliphatic rings. The van der Waals surface area contributed by atoms with Gasteiger partial charge in [0.15, 0.2) is 6.10 Å². The second-order valence-electron chi connectivity index (χ2n) is 5.74. The Labute approximate surface area is 146 Å². The van der Waals surface area contributed by atoms with Crippen LogP contribution in [0.15, 0.2) is 48.5 Å². The molecule has 130 valence electrons. The lowest BCUT2D eigenvalue weighted by molar-refractivity contribution is -0.128. The molecular weight excluding hydrogens is 320 g/mol. The van der Waals surface area contributed by atoms with Crippen molar-refractivity contribution >= 4 is 17.5 Å². The Morgan fingerprint density at radius 3 is 2.72 bits per heavy atom. The van der Waals surface area contributed by atoms with Crippen LogP contribution in [-0.2, 0) is 16.1 Å². The predicted molar refractivity (Wildman–Crippen MR) is 93.7 cm³/mol. The van der Waals surface area contributed by atoms with E-state index in [1.165, 1.54) is 4.90 Å². The predicted octanol–water partition coefficient (Wildman–Crippen LogP) is 2.13. The number of fused-ring (bicyclic) bond motifs is 1. The number of benzene rings is 2. The number of nitrogens with zero attached hydrogens (tertiary/aromatic N) is 1. The summed E-state index contributed by atoms with van der Waals surface area (Å²) in [5.41, 5.74) is 1.48. The molecule has 1 atom stereocenters. The van der Waals surface area contributed by atoms with E-state index in [9.17, 15) is 9.59 Å². The van der Waals surface area contributed by atoms with E-state index in [4.69, 9.17) is 9.47 Å². The van der Waals surface area contributed by atoms with Gasteiger partial charge in [0.25, 0.3) is 5.91 Å². The molecule has 2 amide bonds. The van der Waals surface area contributed by atoms with Crippen LogP contribution in [0, 0.1) is 0 Å². The molecule has 0 radical (unpaired) electrons. The highest BCUT2D eigenvalue weighted by Gasteiger charge is 2.32. The third-order valence-corrected chi connectivity index (χ3v) is 4.04. The lowest BCUT2D eigenvalue weighted by Crippen LogP contribution is -2.48. The lowest BCUT2D eigenvalue weighted by Gasteiger charge is -2.32. The van der Waals surface area contributed by atoms with Gasteiger partial charge in [0, 0.05) is 12.1 Å². The summed E-state index contributed by atoms with van der Waals surface area (Å²) >= 11 is 0. The summed E-state index contributed by atoms with van der Waals surface area (Å²) in [6, 6.07) is 14.7. The number of methoxy groups -OCH3 is 1. The Morgan fingerprint density at radius 1 is 1.20 bits per heavy atom. The minimum absolute atomic E-state index is 0.0568. The van der Waals surface area contributed by atoms with Gasteiger partial charge >= 0.3 is 0 Å². The van der Waals surface area contributed by atoms with Gasteiger partial charge in [0.05, 0.1) is 12.8 Å². The Bertz CT molecular complexity index is 790. The Balaban J connectivity index is 1.69. The van der Waals surface area contributed by atoms with E-state index in [1.807, 2.05) is 36.4 Å². The highest BCUT2D eigenvalue weighted by Crippen LogP contribution is 2.33. The molecule has 6 nitrogen and oxygen atoms in total. The van der Waals surface area contributed by atoms with E-state index in [0.717, 1.165) is 5.56 Å². The van der Waals surface area contributed by atoms with Crippen molar-refractivity contribution in [1.29, 1.82) is 0 Å². The zero-order valence-corrected chi connectivity index (χ0v) is 14.2. The number of hydrogen-bond donors (Lipinski definition) is 1. The molecule has 0 saturated heterocycles. The quantitative estimate of drug-likeness (QED) is 0.905. The Morgan fingerprint density at radius 2 is 1.92 bits per heavy atom. The van der Waals surface area contributed by atoms with Gasteiger partial charge in [-0.3, -0.25) is 14.5 Å². The molecule has 0 spiro atoms. The molecule has 1 aliphatic heterocycles. The SMILES string of the molecule is COc1ccccc1CNC(=O)CN1C(=O)[C@H](C)Oc2ccccc21. The van der Waals surface area contributed by atoms with Crippen molar-refractivity contribution in [1.82, 2.24) is 5.32 Å². The summed E-state index contributed by atoms with van der Waals surface area (Å²) < 4.78 is 10.8. The summed E-state index contributed by atoms with van der Waals surface area (Å²) in [5, 5.41) is 2.83. The number of rotatable bonds is 5. The summed E-state index contributed by atoms with van der Waals surface area (Å²) in [6.45, 7) is 1.95. The third-order valence-electron chi connectivity index (χ3n) is 4.04. The van der Waals surface area contributed by atoms with Gasteiger partial charge in [-0.05, 0) is 25.1 Å². The highest BCUT2D eigenvalue weighted by atomic mass is 16.5. The van der Waals surface area contributed by atoms with Crippen LogP contribution in [0.4, 0.5) is 5.69 Å². The van der Waals surface area contributed by atoms with Crippen molar-refractivity contribution in [2.75, 3.05) is 18.6 Å². The van der Waals surface area contributed by atoms with Crippen molar-refractivity contribution in [3.8, 4) is 11.5 Å². The van der Waals surface area contributed by atoms with Gasteiger partial charge in [-0.15, -0.1) is 0 Å². The Kier molecular flexibility index (Phi) is 4.88. The van der Waals surface area contributed by atoms with Crippen molar-refractivity contribution < 1.29 is 19.1 Å². The molecule has 1 heterocycles. The van der Waals surface area contributed by atoms with Gasteiger partial charge < -0.3 is 14.8 Å². The van der Waals surface area contributed by atoms with Crippen molar-refractivity contribution in [3.63, 3.8) is 0 Å². The van der Waals surface area contributed by atoms with Gasteiger partial charge in [0.1, 0.15) is 18.0 Å². The average molecular weight is 340 g/mol. The molecule has 3 rings (SSSR count). The molecule has 0 aliphatic carbocycles. The topological polar surface area (TPSA) is 67.9 Å². The van der Waals surface area contributed by atoms with Gasteiger partial charge in [0.2, 0.25) is 5.91 Å². The molecule has 0 aromatic heterocycles. The van der Waals surface area contributed by atoms with Crippen LogP contribution in [0.25, 0.3) is 0 Å². The minimum Gasteiger partial charge on any atom is -0.496 e. The molecule has 1 N–H and O–H groups in total. The molecular formula is C19H20N2O4. The first-order valence-electron chi connectivity index (χ1n) is 8.06. The zero-order valence-electron chi connectivity index (χ0n) is 14.2. The molecule has 6 heteroatoms. The van der Waals surface area contributed by atoms with E-state index in [1.54, 1.807) is 26.2 Å². The molecule has 0 saturated carbocycles. The van der Waals surface area contributed by atoms with E-state index in [0.29, 0.717) is 23.7 Å². The molecule has 0 fully saturated rings. The van der Waals surface area contributed by atoms with Crippen LogP contribution in [0.5, 0.6) is 11.5 Å². The Hall–Kier alpha value is -3.02. The van der Waals surface area contributed by atoms with Crippen molar-refractivity contribution in [2.24, 2.45) is 0 Å². The highest BCUT2D eigenvalue weighted by molar-refractivity contribution is 6.03. The zero-order chi connectivity index (χ0) is 17.8. The second-order valence-corrected chi connectivity index (χ2v) is 5.74. The fourth-order valence-corrected chi connectivity index (χ4v) is 2.76. The van der Waals surface area contributed by atoms with Gasteiger partial charge in [-0.1, -0.05) is 30.3 Å².